The van der Waals surface area contributed by atoms with Crippen LogP contribution in [0.25, 0.3) is 10.9 Å². The van der Waals surface area contributed by atoms with E-state index in [0.717, 1.165) is 0 Å². The van der Waals surface area contributed by atoms with Crippen LogP contribution in [0.15, 0.2) is 58.1 Å². The van der Waals surface area contributed by atoms with E-state index in [2.05, 4.69) is 20.9 Å². The van der Waals surface area contributed by atoms with E-state index in [1.807, 2.05) is 6.07 Å². The molecule has 1 aromatic heterocycles. The third-order valence-corrected chi connectivity index (χ3v) is 3.58. The molecule has 0 amide bonds. The molecule has 100 valence electrons. The summed E-state index contributed by atoms with van der Waals surface area (Å²) < 4.78 is 15.9. The van der Waals surface area contributed by atoms with Gasteiger partial charge in [-0.3, -0.25) is 9.36 Å². The number of nitrogens with zero attached hydrogens (tertiary/aromatic N) is 2. The van der Waals surface area contributed by atoms with Crippen LogP contribution >= 0.6 is 15.9 Å². The van der Waals surface area contributed by atoms with Crippen molar-refractivity contribution in [3.63, 3.8) is 0 Å². The van der Waals surface area contributed by atoms with Gasteiger partial charge in [-0.15, -0.1) is 0 Å². The third kappa shape index (κ3) is 2.36. The average Bonchev–Trinajstić information content (AvgIpc) is 2.45. The number of hydrogen-bond donors (Lipinski definition) is 0. The topological polar surface area (TPSA) is 34.9 Å². The number of aromatic nitrogens is 2. The molecule has 5 heteroatoms. The predicted molar refractivity (Wildman–Crippen MR) is 79.2 cm³/mol. The van der Waals surface area contributed by atoms with Crippen molar-refractivity contribution >= 4 is 26.8 Å². The highest BCUT2D eigenvalue weighted by atomic mass is 79.9. The summed E-state index contributed by atoms with van der Waals surface area (Å²) in [7, 11) is 0. The van der Waals surface area contributed by atoms with E-state index < -0.39 is 0 Å². The highest BCUT2D eigenvalue weighted by Crippen LogP contribution is 2.16. The Kier molecular flexibility index (Phi) is 3.36. The van der Waals surface area contributed by atoms with E-state index in [-0.39, 0.29) is 17.9 Å². The quantitative estimate of drug-likeness (QED) is 0.721. The van der Waals surface area contributed by atoms with Crippen LogP contribution in [0.5, 0.6) is 0 Å². The zero-order valence-electron chi connectivity index (χ0n) is 10.4. The van der Waals surface area contributed by atoms with Gasteiger partial charge in [0.25, 0.3) is 5.56 Å². The molecule has 1 heterocycles. The lowest BCUT2D eigenvalue weighted by Gasteiger charge is -2.08. The number of benzene rings is 2. The van der Waals surface area contributed by atoms with Gasteiger partial charge < -0.3 is 0 Å². The monoisotopic (exact) mass is 332 g/mol. The Hall–Kier alpha value is -2.01. The molecule has 0 spiro atoms. The van der Waals surface area contributed by atoms with Gasteiger partial charge in [0.2, 0.25) is 0 Å². The van der Waals surface area contributed by atoms with Crippen LogP contribution in [-0.4, -0.2) is 9.55 Å². The van der Waals surface area contributed by atoms with Crippen molar-refractivity contribution in [1.82, 2.24) is 9.55 Å². The molecule has 3 rings (SSSR count). The molecule has 0 unspecified atom stereocenters. The number of para-hydroxylation sites is 1. The Labute approximate surface area is 122 Å². The molecule has 2 aromatic carbocycles. The van der Waals surface area contributed by atoms with Crippen LogP contribution in [-0.2, 0) is 6.54 Å². The summed E-state index contributed by atoms with van der Waals surface area (Å²) in [6.45, 7) is 0.162. The van der Waals surface area contributed by atoms with Crippen LogP contribution in [0.2, 0.25) is 0 Å². The molecule has 0 bridgehead atoms. The maximum Gasteiger partial charge on any atom is 0.261 e. The number of fused-ring (bicyclic) bond motifs is 1. The lowest BCUT2D eigenvalue weighted by atomic mass is 10.2. The van der Waals surface area contributed by atoms with E-state index in [0.29, 0.717) is 20.9 Å². The highest BCUT2D eigenvalue weighted by molar-refractivity contribution is 9.10. The molecular formula is C15H10BrFN2O. The van der Waals surface area contributed by atoms with Crippen molar-refractivity contribution in [3.8, 4) is 0 Å². The van der Waals surface area contributed by atoms with Crippen molar-refractivity contribution in [2.24, 2.45) is 0 Å². The zero-order valence-corrected chi connectivity index (χ0v) is 12.0. The van der Waals surface area contributed by atoms with Crippen LogP contribution in [0.3, 0.4) is 0 Å². The molecule has 0 saturated heterocycles. The van der Waals surface area contributed by atoms with Gasteiger partial charge in [-0.05, 0) is 24.3 Å². The summed E-state index contributed by atoms with van der Waals surface area (Å²) in [5.74, 6) is -0.348. The summed E-state index contributed by atoms with van der Waals surface area (Å²) in [6.07, 6.45) is 1.45. The van der Waals surface area contributed by atoms with Crippen LogP contribution in [0.1, 0.15) is 5.56 Å². The number of hydrogen-bond acceptors (Lipinski definition) is 2. The summed E-state index contributed by atoms with van der Waals surface area (Å²) in [5, 5.41) is 0.535. The first kappa shape index (κ1) is 13.0. The minimum Gasteiger partial charge on any atom is -0.294 e. The van der Waals surface area contributed by atoms with Gasteiger partial charge >= 0.3 is 0 Å². The van der Waals surface area contributed by atoms with Crippen molar-refractivity contribution in [3.05, 3.63) is 75.0 Å². The Morgan fingerprint density at radius 3 is 2.80 bits per heavy atom. The van der Waals surface area contributed by atoms with E-state index in [4.69, 9.17) is 0 Å². The first-order valence-electron chi connectivity index (χ1n) is 6.03. The maximum absolute atomic E-state index is 13.8. The van der Waals surface area contributed by atoms with Gasteiger partial charge in [-0.2, -0.15) is 0 Å². The molecule has 0 atom stereocenters. The van der Waals surface area contributed by atoms with Crippen molar-refractivity contribution in [1.29, 1.82) is 0 Å². The zero-order chi connectivity index (χ0) is 14.1. The molecule has 20 heavy (non-hydrogen) atoms. The molecule has 0 N–H and O–H groups in total. The molecule has 0 saturated carbocycles. The second kappa shape index (κ2) is 5.17. The summed E-state index contributed by atoms with van der Waals surface area (Å²) in [5.41, 5.74) is 0.926. The van der Waals surface area contributed by atoms with E-state index in [9.17, 15) is 9.18 Å². The van der Waals surface area contributed by atoms with Crippen molar-refractivity contribution < 1.29 is 4.39 Å². The Balaban J connectivity index is 2.07. The molecular weight excluding hydrogens is 323 g/mol. The minimum absolute atomic E-state index is 0.162. The fourth-order valence-electron chi connectivity index (χ4n) is 2.05. The fourth-order valence-corrected chi connectivity index (χ4v) is 2.39. The molecule has 0 aliphatic heterocycles. The molecule has 0 radical (unpaired) electrons. The van der Waals surface area contributed by atoms with Crippen LogP contribution < -0.4 is 5.56 Å². The maximum atomic E-state index is 13.8. The van der Waals surface area contributed by atoms with Gasteiger partial charge in [0, 0.05) is 10.0 Å². The second-order valence-electron chi connectivity index (χ2n) is 4.43. The second-order valence-corrected chi connectivity index (χ2v) is 5.35. The Morgan fingerprint density at radius 1 is 1.20 bits per heavy atom. The largest absolute Gasteiger partial charge is 0.294 e. The summed E-state index contributed by atoms with van der Waals surface area (Å²) >= 11 is 3.21. The van der Waals surface area contributed by atoms with Crippen molar-refractivity contribution in [2.45, 2.75) is 6.54 Å². The standard InChI is InChI=1S/C15H10BrFN2O/c16-11-6-5-10(13(17)7-11)8-19-9-18-14-4-2-1-3-12(14)15(19)20/h1-7,9H,8H2. The molecule has 0 aliphatic rings. The third-order valence-electron chi connectivity index (χ3n) is 3.09. The van der Waals surface area contributed by atoms with Crippen LogP contribution in [0.4, 0.5) is 4.39 Å². The van der Waals surface area contributed by atoms with Gasteiger partial charge in [0.05, 0.1) is 23.8 Å². The van der Waals surface area contributed by atoms with Gasteiger partial charge in [-0.25, -0.2) is 9.37 Å². The Bertz CT molecular complexity index is 845. The SMILES string of the molecule is O=c1c2ccccc2ncn1Cc1ccc(Br)cc1F. The molecule has 0 fully saturated rings. The average molecular weight is 333 g/mol. The molecule has 3 nitrogen and oxygen atoms in total. The lowest BCUT2D eigenvalue weighted by Crippen LogP contribution is -2.21. The minimum atomic E-state index is -0.348. The summed E-state index contributed by atoms with van der Waals surface area (Å²) in [4.78, 5) is 16.5. The smallest absolute Gasteiger partial charge is 0.261 e. The fraction of sp³-hybridized carbons (Fsp3) is 0.0667. The number of halogens is 2. The normalized spacial score (nSPS) is 10.9. The van der Waals surface area contributed by atoms with Gasteiger partial charge in [0.1, 0.15) is 5.82 Å². The first-order valence-corrected chi connectivity index (χ1v) is 6.82. The Morgan fingerprint density at radius 2 is 2.00 bits per heavy atom. The predicted octanol–water partition coefficient (Wildman–Crippen LogP) is 3.35. The first-order chi connectivity index (χ1) is 9.65. The van der Waals surface area contributed by atoms with E-state index in [1.54, 1.807) is 30.3 Å². The highest BCUT2D eigenvalue weighted by Gasteiger charge is 2.07. The molecule has 0 aliphatic carbocycles. The van der Waals surface area contributed by atoms with E-state index in [1.165, 1.54) is 17.0 Å². The lowest BCUT2D eigenvalue weighted by molar-refractivity contribution is 0.594. The number of rotatable bonds is 2. The summed E-state index contributed by atoms with van der Waals surface area (Å²) in [6, 6.07) is 11.9. The van der Waals surface area contributed by atoms with Gasteiger partial charge in [-0.1, -0.05) is 34.1 Å². The molecule has 3 aromatic rings. The van der Waals surface area contributed by atoms with E-state index >= 15 is 0 Å². The van der Waals surface area contributed by atoms with Crippen LogP contribution in [0, 0.1) is 5.82 Å². The van der Waals surface area contributed by atoms with Crippen molar-refractivity contribution in [2.75, 3.05) is 0 Å². The van der Waals surface area contributed by atoms with Gasteiger partial charge in [0.15, 0.2) is 0 Å².